The SMILES string of the molecule is Cc1cc(C)c(C(=O)COC(=O)c2ccc(O)cc2)c(C)c1C. The van der Waals surface area contributed by atoms with Crippen LogP contribution in [0.1, 0.15) is 43.0 Å². The molecule has 1 N–H and O–H groups in total. The summed E-state index contributed by atoms with van der Waals surface area (Å²) in [6.45, 7) is 7.47. The van der Waals surface area contributed by atoms with E-state index < -0.39 is 5.97 Å². The van der Waals surface area contributed by atoms with Gasteiger partial charge in [0.05, 0.1) is 5.56 Å². The number of ketones is 1. The van der Waals surface area contributed by atoms with Crippen LogP contribution in [0, 0.1) is 27.7 Å². The van der Waals surface area contributed by atoms with Crippen molar-refractivity contribution in [3.05, 3.63) is 63.7 Å². The molecular weight excluding hydrogens is 292 g/mol. The van der Waals surface area contributed by atoms with Gasteiger partial charge in [-0.3, -0.25) is 4.79 Å². The number of Topliss-reactive ketones (excluding diaryl/α,β-unsaturated/α-hetero) is 1. The first kappa shape index (κ1) is 16.7. The van der Waals surface area contributed by atoms with Crippen LogP contribution in [0.2, 0.25) is 0 Å². The number of ether oxygens (including phenoxy) is 1. The summed E-state index contributed by atoms with van der Waals surface area (Å²) in [7, 11) is 0. The zero-order valence-electron chi connectivity index (χ0n) is 13.8. The molecule has 0 unspecified atom stereocenters. The Morgan fingerprint density at radius 3 is 2.17 bits per heavy atom. The lowest BCUT2D eigenvalue weighted by atomic mass is 9.92. The molecule has 0 saturated heterocycles. The van der Waals surface area contributed by atoms with Crippen molar-refractivity contribution in [2.75, 3.05) is 6.61 Å². The summed E-state index contributed by atoms with van der Waals surface area (Å²) >= 11 is 0. The van der Waals surface area contributed by atoms with Crippen molar-refractivity contribution in [1.82, 2.24) is 0 Å². The van der Waals surface area contributed by atoms with Crippen LogP contribution >= 0.6 is 0 Å². The first-order valence-electron chi connectivity index (χ1n) is 7.38. The van der Waals surface area contributed by atoms with E-state index in [9.17, 15) is 14.7 Å². The maximum Gasteiger partial charge on any atom is 0.338 e. The standard InChI is InChI=1S/C19H20O4/c1-11-9-12(2)18(14(4)13(11)3)17(21)10-23-19(22)15-5-7-16(20)8-6-15/h5-9,20H,10H2,1-4H3. The van der Waals surface area contributed by atoms with Gasteiger partial charge in [0.2, 0.25) is 5.78 Å². The van der Waals surface area contributed by atoms with Crippen molar-refractivity contribution in [2.45, 2.75) is 27.7 Å². The third kappa shape index (κ3) is 3.59. The Morgan fingerprint density at radius 2 is 1.57 bits per heavy atom. The van der Waals surface area contributed by atoms with E-state index in [4.69, 9.17) is 4.74 Å². The van der Waals surface area contributed by atoms with Gasteiger partial charge in [-0.1, -0.05) is 6.07 Å². The second-order valence-electron chi connectivity index (χ2n) is 5.68. The van der Waals surface area contributed by atoms with Crippen molar-refractivity contribution >= 4 is 11.8 Å². The van der Waals surface area contributed by atoms with E-state index in [1.807, 2.05) is 33.8 Å². The molecule has 4 nitrogen and oxygen atoms in total. The average molecular weight is 312 g/mol. The molecule has 2 rings (SSSR count). The van der Waals surface area contributed by atoms with Gasteiger partial charge in [-0.05, 0) is 74.2 Å². The second kappa shape index (κ2) is 6.65. The lowest BCUT2D eigenvalue weighted by molar-refractivity contribution is 0.0474. The minimum Gasteiger partial charge on any atom is -0.508 e. The fourth-order valence-corrected chi connectivity index (χ4v) is 2.60. The maximum atomic E-state index is 12.4. The zero-order chi connectivity index (χ0) is 17.1. The highest BCUT2D eigenvalue weighted by molar-refractivity contribution is 6.01. The Morgan fingerprint density at radius 1 is 0.957 bits per heavy atom. The number of carbonyl (C=O) groups excluding carboxylic acids is 2. The topological polar surface area (TPSA) is 63.6 Å². The Kier molecular flexibility index (Phi) is 4.84. The van der Waals surface area contributed by atoms with Crippen LogP contribution in [0.15, 0.2) is 30.3 Å². The summed E-state index contributed by atoms with van der Waals surface area (Å²) in [5.74, 6) is -0.730. The quantitative estimate of drug-likeness (QED) is 0.691. The molecule has 0 spiro atoms. The van der Waals surface area contributed by atoms with Crippen LogP contribution in [0.5, 0.6) is 5.75 Å². The molecule has 0 radical (unpaired) electrons. The monoisotopic (exact) mass is 312 g/mol. The molecule has 0 bridgehead atoms. The summed E-state index contributed by atoms with van der Waals surface area (Å²) < 4.78 is 5.09. The van der Waals surface area contributed by atoms with Gasteiger partial charge in [0.1, 0.15) is 5.75 Å². The summed E-state index contributed by atoms with van der Waals surface area (Å²) in [6, 6.07) is 7.67. The number of phenols is 1. The Balaban J connectivity index is 2.13. The lowest BCUT2D eigenvalue weighted by Gasteiger charge is -2.14. The van der Waals surface area contributed by atoms with E-state index >= 15 is 0 Å². The highest BCUT2D eigenvalue weighted by Crippen LogP contribution is 2.22. The van der Waals surface area contributed by atoms with Crippen LogP contribution < -0.4 is 0 Å². The van der Waals surface area contributed by atoms with Gasteiger partial charge in [-0.25, -0.2) is 4.79 Å². The molecule has 120 valence electrons. The zero-order valence-corrected chi connectivity index (χ0v) is 13.8. The highest BCUT2D eigenvalue weighted by atomic mass is 16.5. The van der Waals surface area contributed by atoms with E-state index in [1.54, 1.807) is 0 Å². The van der Waals surface area contributed by atoms with Gasteiger partial charge in [0.15, 0.2) is 6.61 Å². The average Bonchev–Trinajstić information content (AvgIpc) is 2.51. The minimum absolute atomic E-state index is 0.0685. The number of carbonyl (C=O) groups is 2. The molecule has 0 saturated carbocycles. The molecule has 0 aliphatic rings. The van der Waals surface area contributed by atoms with E-state index in [0.717, 1.165) is 22.3 Å². The molecule has 4 heteroatoms. The van der Waals surface area contributed by atoms with Gasteiger partial charge in [-0.2, -0.15) is 0 Å². The molecule has 0 aliphatic carbocycles. The first-order valence-corrected chi connectivity index (χ1v) is 7.38. The van der Waals surface area contributed by atoms with Gasteiger partial charge >= 0.3 is 5.97 Å². The summed E-state index contributed by atoms with van der Waals surface area (Å²) in [4.78, 5) is 24.3. The summed E-state index contributed by atoms with van der Waals surface area (Å²) in [5, 5.41) is 9.21. The summed E-state index contributed by atoms with van der Waals surface area (Å²) in [6.07, 6.45) is 0. The predicted molar refractivity (Wildman–Crippen MR) is 88.1 cm³/mol. The molecule has 23 heavy (non-hydrogen) atoms. The number of phenolic OH excluding ortho intramolecular Hbond substituents is 1. The third-order valence-corrected chi connectivity index (χ3v) is 4.07. The molecule has 0 aliphatic heterocycles. The van der Waals surface area contributed by atoms with E-state index in [2.05, 4.69) is 0 Å². The van der Waals surface area contributed by atoms with Crippen molar-refractivity contribution in [1.29, 1.82) is 0 Å². The Bertz CT molecular complexity index is 758. The lowest BCUT2D eigenvalue weighted by Crippen LogP contribution is -2.17. The van der Waals surface area contributed by atoms with Crippen molar-refractivity contribution in [2.24, 2.45) is 0 Å². The molecule has 0 atom stereocenters. The molecule has 0 fully saturated rings. The number of rotatable bonds is 4. The maximum absolute atomic E-state index is 12.4. The Hall–Kier alpha value is -2.62. The molecule has 0 amide bonds. The van der Waals surface area contributed by atoms with Crippen LogP contribution in [0.3, 0.4) is 0 Å². The van der Waals surface area contributed by atoms with Crippen LogP contribution in [-0.4, -0.2) is 23.5 Å². The van der Waals surface area contributed by atoms with Crippen LogP contribution in [0.25, 0.3) is 0 Å². The second-order valence-corrected chi connectivity index (χ2v) is 5.68. The number of aromatic hydroxyl groups is 1. The molecule has 2 aromatic carbocycles. The highest BCUT2D eigenvalue weighted by Gasteiger charge is 2.17. The van der Waals surface area contributed by atoms with Crippen molar-refractivity contribution in [3.63, 3.8) is 0 Å². The number of benzene rings is 2. The van der Waals surface area contributed by atoms with E-state index in [-0.39, 0.29) is 18.1 Å². The molecule has 2 aromatic rings. The fourth-order valence-electron chi connectivity index (χ4n) is 2.60. The van der Waals surface area contributed by atoms with Gasteiger partial charge in [0, 0.05) is 5.56 Å². The van der Waals surface area contributed by atoms with E-state index in [0.29, 0.717) is 11.1 Å². The van der Waals surface area contributed by atoms with Gasteiger partial charge in [0.25, 0.3) is 0 Å². The van der Waals surface area contributed by atoms with Gasteiger partial charge in [-0.15, -0.1) is 0 Å². The molecule has 0 heterocycles. The number of esters is 1. The van der Waals surface area contributed by atoms with Crippen molar-refractivity contribution < 1.29 is 19.4 Å². The van der Waals surface area contributed by atoms with Crippen LogP contribution in [0.4, 0.5) is 0 Å². The Labute approximate surface area is 135 Å². The fraction of sp³-hybridized carbons (Fsp3) is 0.263. The molecular formula is C19H20O4. The smallest absolute Gasteiger partial charge is 0.338 e. The minimum atomic E-state index is -0.586. The predicted octanol–water partition coefficient (Wildman–Crippen LogP) is 3.67. The molecule has 0 aromatic heterocycles. The summed E-state index contributed by atoms with van der Waals surface area (Å²) in [5.41, 5.74) is 4.93. The largest absolute Gasteiger partial charge is 0.508 e. The van der Waals surface area contributed by atoms with E-state index in [1.165, 1.54) is 24.3 Å². The normalized spacial score (nSPS) is 10.4. The number of hydrogen-bond donors (Lipinski definition) is 1. The third-order valence-electron chi connectivity index (χ3n) is 4.07. The first-order chi connectivity index (χ1) is 10.8. The van der Waals surface area contributed by atoms with Gasteiger partial charge < -0.3 is 9.84 Å². The van der Waals surface area contributed by atoms with Crippen LogP contribution in [-0.2, 0) is 4.74 Å². The number of hydrogen-bond acceptors (Lipinski definition) is 4. The van der Waals surface area contributed by atoms with Crippen molar-refractivity contribution in [3.8, 4) is 5.75 Å². The number of aryl methyl sites for hydroxylation is 2.